The predicted molar refractivity (Wildman–Crippen MR) is 94.5 cm³/mol. The molecule has 1 aliphatic heterocycles. The third-order valence-corrected chi connectivity index (χ3v) is 4.72. The zero-order chi connectivity index (χ0) is 17.0. The summed E-state index contributed by atoms with van der Waals surface area (Å²) < 4.78 is 17.2. The summed E-state index contributed by atoms with van der Waals surface area (Å²) in [5.74, 6) is -1.27. The van der Waals surface area contributed by atoms with E-state index in [4.69, 9.17) is 25.8 Å². The van der Waals surface area contributed by atoms with Crippen LogP contribution in [0.15, 0.2) is 54.6 Å². The van der Waals surface area contributed by atoms with Crippen molar-refractivity contribution < 1.29 is 19.0 Å². The number of benzene rings is 2. The maximum Gasteiger partial charge on any atom is 0.338 e. The van der Waals surface area contributed by atoms with E-state index < -0.39 is 5.79 Å². The second-order valence-corrected chi connectivity index (χ2v) is 6.41. The van der Waals surface area contributed by atoms with Crippen molar-refractivity contribution in [2.75, 3.05) is 18.5 Å². The number of alkyl halides is 1. The molecule has 1 fully saturated rings. The summed E-state index contributed by atoms with van der Waals surface area (Å²) in [6.45, 7) is 0.479. The topological polar surface area (TPSA) is 44.8 Å². The molecule has 0 aromatic heterocycles. The Balaban J connectivity index is 1.62. The fourth-order valence-corrected chi connectivity index (χ4v) is 3.22. The van der Waals surface area contributed by atoms with Crippen molar-refractivity contribution in [2.24, 2.45) is 0 Å². The highest BCUT2D eigenvalue weighted by Gasteiger charge is 2.42. The lowest BCUT2D eigenvalue weighted by Crippen LogP contribution is -2.31. The smallest absolute Gasteiger partial charge is 0.338 e. The first-order chi connectivity index (χ1) is 11.6. The van der Waals surface area contributed by atoms with Crippen LogP contribution in [-0.4, -0.2) is 30.6 Å². The first-order valence-corrected chi connectivity index (χ1v) is 8.99. The minimum absolute atomic E-state index is 0.135. The van der Waals surface area contributed by atoms with Crippen LogP contribution in [0.4, 0.5) is 0 Å². The van der Waals surface area contributed by atoms with Crippen LogP contribution < -0.4 is 0 Å². The van der Waals surface area contributed by atoms with Gasteiger partial charge in [0.15, 0.2) is 0 Å². The molecule has 2 atom stereocenters. The Hall–Kier alpha value is -1.40. The second kappa shape index (κ2) is 7.66. The van der Waals surface area contributed by atoms with Crippen LogP contribution in [0.1, 0.15) is 15.9 Å². The zero-order valence-corrected chi connectivity index (χ0v) is 15.1. The van der Waals surface area contributed by atoms with Gasteiger partial charge in [-0.25, -0.2) is 4.79 Å². The lowest BCUT2D eigenvalue weighted by Gasteiger charge is -2.26. The lowest BCUT2D eigenvalue weighted by atomic mass is 10.1. The van der Waals surface area contributed by atoms with Gasteiger partial charge in [-0.05, 0) is 24.3 Å². The summed E-state index contributed by atoms with van der Waals surface area (Å²) in [5, 5.41) is 1.11. The summed E-state index contributed by atoms with van der Waals surface area (Å²) in [6, 6.07) is 16.2. The molecule has 24 heavy (non-hydrogen) atoms. The predicted octanol–water partition coefficient (Wildman–Crippen LogP) is 4.16. The van der Waals surface area contributed by atoms with Gasteiger partial charge in [-0.15, -0.1) is 0 Å². The highest BCUT2D eigenvalue weighted by Crippen LogP contribution is 2.36. The number of ether oxygens (including phenoxy) is 3. The summed E-state index contributed by atoms with van der Waals surface area (Å²) in [7, 11) is 0. The number of rotatable bonds is 5. The highest BCUT2D eigenvalue weighted by atomic mass is 79.9. The van der Waals surface area contributed by atoms with Gasteiger partial charge in [-0.2, -0.15) is 0 Å². The van der Waals surface area contributed by atoms with E-state index >= 15 is 0 Å². The number of carbonyl (C=O) groups excluding carboxylic acids is 1. The Kier molecular flexibility index (Phi) is 5.56. The minimum Gasteiger partial charge on any atom is -0.459 e. The lowest BCUT2D eigenvalue weighted by molar-refractivity contribution is -0.160. The quantitative estimate of drug-likeness (QED) is 0.547. The number of hydrogen-bond donors (Lipinski definition) is 0. The van der Waals surface area contributed by atoms with Crippen molar-refractivity contribution >= 4 is 33.5 Å². The number of carbonyl (C=O) groups is 1. The molecular weight excluding hydrogens is 396 g/mol. The molecule has 126 valence electrons. The summed E-state index contributed by atoms with van der Waals surface area (Å²) in [4.78, 5) is 12.0. The molecule has 1 saturated heterocycles. The molecule has 4 nitrogen and oxygen atoms in total. The molecular formula is C18H16BrClO4. The highest BCUT2D eigenvalue weighted by molar-refractivity contribution is 9.09. The monoisotopic (exact) mass is 410 g/mol. The Bertz CT molecular complexity index is 692. The van der Waals surface area contributed by atoms with Crippen molar-refractivity contribution in [1.82, 2.24) is 0 Å². The van der Waals surface area contributed by atoms with Crippen molar-refractivity contribution in [1.29, 1.82) is 0 Å². The van der Waals surface area contributed by atoms with Gasteiger partial charge in [0.1, 0.15) is 12.7 Å². The van der Waals surface area contributed by atoms with Gasteiger partial charge in [-0.3, -0.25) is 0 Å². The van der Waals surface area contributed by atoms with E-state index in [0.29, 0.717) is 22.5 Å². The molecule has 6 heteroatoms. The van der Waals surface area contributed by atoms with Gasteiger partial charge >= 0.3 is 5.97 Å². The second-order valence-electron chi connectivity index (χ2n) is 5.41. The molecule has 2 unspecified atom stereocenters. The summed E-state index contributed by atoms with van der Waals surface area (Å²) in [6.07, 6.45) is -0.328. The van der Waals surface area contributed by atoms with Gasteiger partial charge in [-0.1, -0.05) is 57.9 Å². The van der Waals surface area contributed by atoms with Crippen LogP contribution in [0, 0.1) is 0 Å². The van der Waals surface area contributed by atoms with E-state index in [-0.39, 0.29) is 18.7 Å². The van der Waals surface area contributed by atoms with Crippen LogP contribution in [0.5, 0.6) is 0 Å². The molecule has 1 heterocycles. The molecule has 3 rings (SSSR count). The number of hydrogen-bond acceptors (Lipinski definition) is 4. The van der Waals surface area contributed by atoms with Crippen molar-refractivity contribution in [2.45, 2.75) is 11.9 Å². The number of halogens is 2. The number of esters is 1. The van der Waals surface area contributed by atoms with Crippen LogP contribution in [-0.2, 0) is 20.0 Å². The normalized spacial score (nSPS) is 23.2. The summed E-state index contributed by atoms with van der Waals surface area (Å²) >= 11 is 9.37. The average molecular weight is 412 g/mol. The van der Waals surface area contributed by atoms with E-state index in [1.54, 1.807) is 36.4 Å². The fourth-order valence-electron chi connectivity index (χ4n) is 2.48. The molecule has 2 aromatic rings. The maximum atomic E-state index is 12.0. The SMILES string of the molecule is O=C(OCC1COC(CBr)(c2ccc(Cl)cc2)O1)c1ccccc1. The Morgan fingerprint density at radius 2 is 1.92 bits per heavy atom. The standard InChI is InChI=1S/C18H16BrClO4/c19-12-18(14-6-8-15(20)9-7-14)23-11-16(24-18)10-22-17(21)13-4-2-1-3-5-13/h1-9,16H,10-12H2. The zero-order valence-electron chi connectivity index (χ0n) is 12.8. The van der Waals surface area contributed by atoms with Gasteiger partial charge in [0.05, 0.1) is 17.5 Å². The van der Waals surface area contributed by atoms with Crippen molar-refractivity contribution in [3.8, 4) is 0 Å². The van der Waals surface area contributed by atoms with Gasteiger partial charge in [0.2, 0.25) is 5.79 Å². The molecule has 0 spiro atoms. The minimum atomic E-state index is -0.894. The fraction of sp³-hybridized carbons (Fsp3) is 0.278. The molecule has 0 saturated carbocycles. The van der Waals surface area contributed by atoms with E-state index in [0.717, 1.165) is 5.56 Å². The first-order valence-electron chi connectivity index (χ1n) is 7.49. The first kappa shape index (κ1) is 17.4. The van der Waals surface area contributed by atoms with Crippen LogP contribution in [0.25, 0.3) is 0 Å². The Labute approximate surface area is 153 Å². The van der Waals surface area contributed by atoms with Crippen LogP contribution >= 0.6 is 27.5 Å². The van der Waals surface area contributed by atoms with E-state index in [2.05, 4.69) is 15.9 Å². The van der Waals surface area contributed by atoms with Gasteiger partial charge in [0, 0.05) is 10.6 Å². The Morgan fingerprint density at radius 3 is 2.58 bits per heavy atom. The van der Waals surface area contributed by atoms with Gasteiger partial charge in [0.25, 0.3) is 0 Å². The van der Waals surface area contributed by atoms with Crippen molar-refractivity contribution in [3.63, 3.8) is 0 Å². The Morgan fingerprint density at radius 1 is 1.21 bits per heavy atom. The molecule has 0 amide bonds. The van der Waals surface area contributed by atoms with E-state index in [9.17, 15) is 4.79 Å². The maximum absolute atomic E-state index is 12.0. The largest absolute Gasteiger partial charge is 0.459 e. The average Bonchev–Trinajstić information content (AvgIpc) is 3.06. The van der Waals surface area contributed by atoms with Crippen molar-refractivity contribution in [3.05, 3.63) is 70.7 Å². The summed E-state index contributed by atoms with van der Waals surface area (Å²) in [5.41, 5.74) is 1.38. The van der Waals surface area contributed by atoms with Crippen LogP contribution in [0.2, 0.25) is 5.02 Å². The molecule has 2 aromatic carbocycles. The molecule has 0 N–H and O–H groups in total. The molecule has 1 aliphatic rings. The van der Waals surface area contributed by atoms with E-state index in [1.807, 2.05) is 18.2 Å². The molecule has 0 aliphatic carbocycles. The van der Waals surface area contributed by atoms with Gasteiger partial charge < -0.3 is 14.2 Å². The third-order valence-electron chi connectivity index (χ3n) is 3.73. The van der Waals surface area contributed by atoms with E-state index in [1.165, 1.54) is 0 Å². The molecule has 0 bridgehead atoms. The third kappa shape index (κ3) is 3.81. The van der Waals surface area contributed by atoms with Crippen LogP contribution in [0.3, 0.4) is 0 Å². The molecule has 0 radical (unpaired) electrons.